The van der Waals surface area contributed by atoms with Crippen LogP contribution in [0.2, 0.25) is 0 Å². The molecule has 7 aliphatic heterocycles. The summed E-state index contributed by atoms with van der Waals surface area (Å²) in [5.74, 6) is 0. The Labute approximate surface area is 547 Å². The van der Waals surface area contributed by atoms with E-state index in [1.165, 1.54) is 188 Å². The van der Waals surface area contributed by atoms with Crippen LogP contribution in [0.25, 0.3) is 64.5 Å². The molecule has 0 N–H and O–H groups in total. The molecular formula is C84H54B2N6Se. The van der Waals surface area contributed by atoms with Gasteiger partial charge >= 0.3 is 478 Å². The summed E-state index contributed by atoms with van der Waals surface area (Å²) in [5, 5.41) is 0. The summed E-state index contributed by atoms with van der Waals surface area (Å²) in [6, 6.07) is 110. The van der Waals surface area contributed by atoms with Crippen molar-refractivity contribution in [1.82, 2.24) is 0 Å². The Morgan fingerprint density at radius 2 is 0.538 bits per heavy atom. The first-order valence-corrected chi connectivity index (χ1v) is 34.0. The molecule has 0 bridgehead atoms. The number of fused-ring (bicyclic) bond motifs is 15. The molecule has 432 valence electrons. The molecule has 0 spiro atoms. The van der Waals surface area contributed by atoms with Crippen LogP contribution in [0.5, 0.6) is 0 Å². The van der Waals surface area contributed by atoms with Crippen molar-refractivity contribution in [2.45, 2.75) is 0 Å². The molecule has 0 atom stereocenters. The first kappa shape index (κ1) is 51.5. The first-order valence-electron chi connectivity index (χ1n) is 32.3. The molecule has 0 unspecified atom stereocenters. The van der Waals surface area contributed by atoms with E-state index < -0.39 is 0 Å². The molecule has 9 heteroatoms. The number of anilines is 16. The Hall–Kier alpha value is -11.2. The van der Waals surface area contributed by atoms with Gasteiger partial charge in [-0.3, -0.25) is 0 Å². The van der Waals surface area contributed by atoms with E-state index in [-0.39, 0.29) is 27.9 Å². The molecule has 0 saturated carbocycles. The second-order valence-corrected chi connectivity index (χ2v) is 27.7. The van der Waals surface area contributed by atoms with Gasteiger partial charge in [-0.25, -0.2) is 0 Å². The molecular weight excluding hydrogens is 1190 g/mol. The Kier molecular flexibility index (Phi) is 10.6. The molecule has 13 aromatic carbocycles. The molecule has 8 heterocycles. The molecule has 0 fully saturated rings. The minimum absolute atomic E-state index is 0.0877. The van der Waals surface area contributed by atoms with Crippen LogP contribution in [-0.2, 0) is 0 Å². The van der Waals surface area contributed by atoms with E-state index >= 15 is 0 Å². The van der Waals surface area contributed by atoms with Gasteiger partial charge in [0.25, 0.3) is 0 Å². The molecule has 93 heavy (non-hydrogen) atoms. The third-order valence-corrected chi connectivity index (χ3v) is 23.6. The number of para-hydroxylation sites is 2. The molecule has 0 radical (unpaired) electrons. The van der Waals surface area contributed by atoms with Gasteiger partial charge in [-0.15, -0.1) is 0 Å². The summed E-state index contributed by atoms with van der Waals surface area (Å²) < 4.78 is 2.77. The van der Waals surface area contributed by atoms with Crippen molar-refractivity contribution in [2.75, 3.05) is 43.5 Å². The van der Waals surface area contributed by atoms with Crippen LogP contribution in [0.15, 0.2) is 291 Å². The van der Waals surface area contributed by atoms with Crippen molar-refractivity contribution in [3.8, 4) is 64.5 Å². The summed E-state index contributed by atoms with van der Waals surface area (Å²) in [7, 11) is 4.57. The van der Waals surface area contributed by atoms with Gasteiger partial charge in [-0.2, -0.15) is 0 Å². The van der Waals surface area contributed by atoms with Crippen molar-refractivity contribution < 1.29 is 0 Å². The molecule has 1 aromatic heterocycles. The van der Waals surface area contributed by atoms with Gasteiger partial charge in [0.05, 0.1) is 0 Å². The van der Waals surface area contributed by atoms with E-state index in [2.05, 4.69) is 335 Å². The van der Waals surface area contributed by atoms with E-state index in [4.69, 9.17) is 0 Å². The zero-order valence-electron chi connectivity index (χ0n) is 51.0. The molecule has 6 nitrogen and oxygen atoms in total. The fourth-order valence-electron chi connectivity index (χ4n) is 17.2. The monoisotopic (exact) mass is 1250 g/mol. The molecule has 21 rings (SSSR count). The quantitative estimate of drug-likeness (QED) is 0.153. The summed E-state index contributed by atoms with van der Waals surface area (Å²) in [4.78, 5) is 15.8. The first-order chi connectivity index (χ1) is 46.1. The molecule has 7 aliphatic rings. The van der Waals surface area contributed by atoms with Crippen molar-refractivity contribution in [2.24, 2.45) is 0 Å². The maximum atomic E-state index is 2.78. The van der Waals surface area contributed by atoms with Crippen LogP contribution in [0.4, 0.5) is 91.0 Å². The van der Waals surface area contributed by atoms with Gasteiger partial charge < -0.3 is 0 Å². The van der Waals surface area contributed by atoms with Crippen LogP contribution < -0.4 is 62.2 Å². The average Bonchev–Trinajstić information content (AvgIpc) is 1.55. The fourth-order valence-corrected chi connectivity index (χ4v) is 19.9. The van der Waals surface area contributed by atoms with Gasteiger partial charge in [0.2, 0.25) is 0 Å². The Morgan fingerprint density at radius 1 is 0.226 bits per heavy atom. The van der Waals surface area contributed by atoms with Gasteiger partial charge in [0.15, 0.2) is 0 Å². The van der Waals surface area contributed by atoms with E-state index in [0.717, 1.165) is 0 Å². The van der Waals surface area contributed by atoms with Crippen LogP contribution in [0.3, 0.4) is 0 Å². The van der Waals surface area contributed by atoms with Gasteiger partial charge in [-0.1, -0.05) is 72.8 Å². The normalized spacial score (nSPS) is 14.0. The topological polar surface area (TPSA) is 19.4 Å². The molecule has 0 amide bonds. The zero-order valence-corrected chi connectivity index (χ0v) is 52.7. The number of rotatable bonds is 6. The van der Waals surface area contributed by atoms with Crippen molar-refractivity contribution in [1.29, 1.82) is 0 Å². The van der Waals surface area contributed by atoms with Crippen LogP contribution in [0, 0.1) is 0 Å². The van der Waals surface area contributed by atoms with Crippen molar-refractivity contribution in [3.63, 3.8) is 0 Å². The Balaban J connectivity index is 0.861. The summed E-state index contributed by atoms with van der Waals surface area (Å²) in [6.07, 6.45) is 0. The number of hydrogen-bond donors (Lipinski definition) is 0. The average molecular weight is 1250 g/mol. The van der Waals surface area contributed by atoms with E-state index in [1.807, 2.05) is 0 Å². The van der Waals surface area contributed by atoms with Crippen LogP contribution in [-0.4, -0.2) is 42.0 Å². The zero-order chi connectivity index (χ0) is 60.9. The summed E-state index contributed by atoms with van der Waals surface area (Å²) in [6.45, 7) is -0.175. The molecule has 14 aromatic rings. The third kappa shape index (κ3) is 6.89. The fraction of sp³-hybridized carbons (Fsp3) is 0.0238. The van der Waals surface area contributed by atoms with Crippen LogP contribution in [0.1, 0.15) is 0 Å². The van der Waals surface area contributed by atoms with Gasteiger partial charge in [-0.05, 0) is 0 Å². The number of nitrogens with zero attached hydrogens (tertiary/aromatic N) is 6. The maximum absolute atomic E-state index is 2.78. The van der Waals surface area contributed by atoms with E-state index in [0.29, 0.717) is 0 Å². The Morgan fingerprint density at radius 3 is 0.914 bits per heavy atom. The summed E-state index contributed by atoms with van der Waals surface area (Å²) in [5.41, 5.74) is 39.7. The minimum atomic E-state index is -0.119. The van der Waals surface area contributed by atoms with Gasteiger partial charge in [0.1, 0.15) is 0 Å². The van der Waals surface area contributed by atoms with Crippen LogP contribution >= 0.6 is 0 Å². The van der Waals surface area contributed by atoms with Gasteiger partial charge in [0, 0.05) is 0 Å². The second kappa shape index (κ2) is 19.2. The SMILES string of the molecule is CN1c2cccc3c2N(c2cccc4c2B3c2ccc3c5c2N4c2c(-c4ccccc4)[se]c(-c4ccccc4)c2N5c2cccc4c2B3c2cccc3c2N4c2cc(-c4ccccc4)cc(-c4ccccc4)c2N3C)c2cc(-c3ccccc3)cc(-c3ccccc3)c21. The number of benzene rings is 13. The summed E-state index contributed by atoms with van der Waals surface area (Å²) >= 11 is -0.119. The van der Waals surface area contributed by atoms with Crippen molar-refractivity contribution >= 4 is 152 Å². The van der Waals surface area contributed by atoms with Crippen molar-refractivity contribution in [3.05, 3.63) is 291 Å². The van der Waals surface area contributed by atoms with E-state index in [9.17, 15) is 0 Å². The molecule has 0 saturated heterocycles. The number of hydrogen-bond acceptors (Lipinski definition) is 6. The third-order valence-electron chi connectivity index (χ3n) is 20.9. The molecule has 0 aliphatic carbocycles. The standard InChI is InChI=1S/C84H54B2N6Se/c1-87-69-43-21-37-61-77(69)89(71-49-57(51-25-9-3-10-26-51)47-59(75(71)87)53-29-13-5-14-30-53)65-39-23-41-67-73(65)85(61)63-45-46-64-80-79(63)91(67)81-82(84(56-35-19-8-20-36-56)93-83(81)55-33-17-7-18-34-55)92(80)68-42-24-40-66-74(68)86(64)62-38-22-44-70-78(62)90(66)72-50-58(52-27-11-4-12-28-52)48-60(76(72)88(70)2)54-31-15-6-16-32-54/h3-50H,1-2H3. The predicted molar refractivity (Wildman–Crippen MR) is 394 cm³/mol. The van der Waals surface area contributed by atoms with E-state index in [1.54, 1.807) is 0 Å². The Bertz CT molecular complexity index is 5190. The predicted octanol–water partition coefficient (Wildman–Crippen LogP) is 17.4. The second-order valence-electron chi connectivity index (χ2n) is 25.6.